The van der Waals surface area contributed by atoms with Crippen LogP contribution < -0.4 is 10.9 Å². The van der Waals surface area contributed by atoms with Gasteiger partial charge in [0.25, 0.3) is 5.56 Å². The van der Waals surface area contributed by atoms with Crippen LogP contribution in [0.4, 0.5) is 0 Å². The zero-order valence-corrected chi connectivity index (χ0v) is 22.4. The SMILES string of the molecule is O=C(CC1CNC1)OC[C@H](Cc1nc[nH]c(=O)c1O)c1ccc(C#Cc2ccc(CN3CCOCC3)cc2)cc1. The first kappa shape index (κ1) is 27.6. The van der Waals surface area contributed by atoms with Crippen LogP contribution in [0.1, 0.15) is 40.3 Å². The number of nitrogens with zero attached hydrogens (tertiary/aromatic N) is 2. The molecule has 2 aromatic carbocycles. The van der Waals surface area contributed by atoms with Gasteiger partial charge >= 0.3 is 5.97 Å². The van der Waals surface area contributed by atoms with Gasteiger partial charge in [0.05, 0.1) is 38.3 Å². The molecule has 0 radical (unpaired) electrons. The lowest BCUT2D eigenvalue weighted by atomic mass is 9.93. The summed E-state index contributed by atoms with van der Waals surface area (Å²) in [6.07, 6.45) is 1.88. The fourth-order valence-electron chi connectivity index (χ4n) is 4.76. The Morgan fingerprint density at radius 2 is 1.75 bits per heavy atom. The number of carbonyl (C=O) groups excluding carboxylic acids is 1. The van der Waals surface area contributed by atoms with Crippen molar-refractivity contribution in [1.29, 1.82) is 0 Å². The van der Waals surface area contributed by atoms with Crippen LogP contribution in [0.2, 0.25) is 0 Å². The van der Waals surface area contributed by atoms with Crippen molar-refractivity contribution in [2.75, 3.05) is 46.0 Å². The van der Waals surface area contributed by atoms with Crippen LogP contribution in [-0.4, -0.2) is 71.9 Å². The number of H-pyrrole nitrogens is 1. The van der Waals surface area contributed by atoms with Crippen LogP contribution >= 0.6 is 0 Å². The smallest absolute Gasteiger partial charge is 0.306 e. The Bertz CT molecular complexity index is 1400. The van der Waals surface area contributed by atoms with E-state index in [1.54, 1.807) is 0 Å². The minimum Gasteiger partial charge on any atom is -0.502 e. The topological polar surface area (TPSA) is 117 Å². The molecule has 2 fully saturated rings. The maximum absolute atomic E-state index is 12.4. The molecule has 0 aliphatic carbocycles. The van der Waals surface area contributed by atoms with E-state index >= 15 is 0 Å². The third-order valence-electron chi connectivity index (χ3n) is 7.31. The van der Waals surface area contributed by atoms with Crippen molar-refractivity contribution < 1.29 is 19.4 Å². The molecule has 3 heterocycles. The Labute approximate surface area is 233 Å². The third-order valence-corrected chi connectivity index (χ3v) is 7.31. The van der Waals surface area contributed by atoms with Crippen LogP contribution in [0.3, 0.4) is 0 Å². The Hall–Kier alpha value is -3.97. The van der Waals surface area contributed by atoms with E-state index in [-0.39, 0.29) is 30.6 Å². The van der Waals surface area contributed by atoms with E-state index in [0.717, 1.165) is 62.6 Å². The number of nitrogens with one attached hydrogen (secondary N) is 2. The number of esters is 1. The number of aromatic hydroxyl groups is 1. The van der Waals surface area contributed by atoms with Crippen LogP contribution in [-0.2, 0) is 27.2 Å². The van der Waals surface area contributed by atoms with Crippen molar-refractivity contribution in [3.05, 3.63) is 93.2 Å². The second kappa shape index (κ2) is 13.4. The summed E-state index contributed by atoms with van der Waals surface area (Å²) in [4.78, 5) is 33.1. The Morgan fingerprint density at radius 3 is 2.40 bits per heavy atom. The molecule has 208 valence electrons. The molecule has 0 amide bonds. The summed E-state index contributed by atoms with van der Waals surface area (Å²) in [5, 5.41) is 13.4. The van der Waals surface area contributed by atoms with Crippen molar-refractivity contribution >= 4 is 5.97 Å². The van der Waals surface area contributed by atoms with Gasteiger partial charge in [0.1, 0.15) is 0 Å². The number of carbonyl (C=O) groups is 1. The first-order valence-corrected chi connectivity index (χ1v) is 13.7. The normalized spacial score (nSPS) is 16.4. The molecule has 0 bridgehead atoms. The second-order valence-electron chi connectivity index (χ2n) is 10.3. The number of benzene rings is 2. The average Bonchev–Trinajstić information content (AvgIpc) is 2.96. The van der Waals surface area contributed by atoms with E-state index in [9.17, 15) is 14.7 Å². The lowest BCUT2D eigenvalue weighted by Gasteiger charge is -2.26. The summed E-state index contributed by atoms with van der Waals surface area (Å²) in [6.45, 7) is 6.18. The fraction of sp³-hybridized carbons (Fsp3) is 0.387. The molecule has 0 unspecified atom stereocenters. The Balaban J connectivity index is 1.24. The largest absolute Gasteiger partial charge is 0.502 e. The van der Waals surface area contributed by atoms with E-state index in [1.165, 1.54) is 11.9 Å². The summed E-state index contributed by atoms with van der Waals surface area (Å²) in [7, 11) is 0. The maximum atomic E-state index is 12.4. The molecular formula is C31H34N4O5. The molecule has 40 heavy (non-hydrogen) atoms. The van der Waals surface area contributed by atoms with Crippen molar-refractivity contribution in [3.8, 4) is 17.6 Å². The second-order valence-corrected chi connectivity index (χ2v) is 10.3. The van der Waals surface area contributed by atoms with Gasteiger partial charge in [-0.05, 0) is 54.4 Å². The van der Waals surface area contributed by atoms with Crippen molar-refractivity contribution in [2.45, 2.75) is 25.3 Å². The molecule has 3 N–H and O–H groups in total. The van der Waals surface area contributed by atoms with E-state index in [4.69, 9.17) is 9.47 Å². The molecule has 2 aliphatic heterocycles. The minimum atomic E-state index is -0.599. The van der Waals surface area contributed by atoms with Crippen LogP contribution in [0.15, 0.2) is 59.7 Å². The quantitative estimate of drug-likeness (QED) is 0.278. The summed E-state index contributed by atoms with van der Waals surface area (Å²) in [6, 6.07) is 16.1. The predicted octanol–water partition coefficient (Wildman–Crippen LogP) is 2.19. The van der Waals surface area contributed by atoms with Gasteiger partial charge in [-0.1, -0.05) is 36.1 Å². The zero-order chi connectivity index (χ0) is 27.7. The monoisotopic (exact) mass is 542 g/mol. The number of aromatic nitrogens is 2. The molecule has 9 heteroatoms. The summed E-state index contributed by atoms with van der Waals surface area (Å²) >= 11 is 0. The molecule has 0 saturated carbocycles. The maximum Gasteiger partial charge on any atom is 0.306 e. The first-order chi connectivity index (χ1) is 19.5. The molecule has 2 aliphatic rings. The van der Waals surface area contributed by atoms with Crippen molar-refractivity contribution in [3.63, 3.8) is 0 Å². The van der Waals surface area contributed by atoms with Crippen molar-refractivity contribution in [2.24, 2.45) is 5.92 Å². The van der Waals surface area contributed by atoms with Gasteiger partial charge < -0.3 is 24.9 Å². The van der Waals surface area contributed by atoms with Gasteiger partial charge in [-0.25, -0.2) is 4.98 Å². The van der Waals surface area contributed by atoms with Crippen LogP contribution in [0, 0.1) is 17.8 Å². The molecule has 3 aromatic rings. The summed E-state index contributed by atoms with van der Waals surface area (Å²) in [5.41, 5.74) is 3.61. The highest BCUT2D eigenvalue weighted by Gasteiger charge is 2.23. The lowest BCUT2D eigenvalue weighted by molar-refractivity contribution is -0.145. The molecular weight excluding hydrogens is 508 g/mol. The lowest BCUT2D eigenvalue weighted by Crippen LogP contribution is -2.43. The minimum absolute atomic E-state index is 0.120. The number of rotatable bonds is 9. The summed E-state index contributed by atoms with van der Waals surface area (Å²) < 4.78 is 11.0. The van der Waals surface area contributed by atoms with E-state index in [1.807, 2.05) is 36.4 Å². The van der Waals surface area contributed by atoms with Gasteiger partial charge in [-0.15, -0.1) is 0 Å². The predicted molar refractivity (Wildman–Crippen MR) is 150 cm³/mol. The number of hydrogen-bond donors (Lipinski definition) is 3. The van der Waals surface area contributed by atoms with Gasteiger partial charge in [0, 0.05) is 43.1 Å². The molecule has 2 saturated heterocycles. The highest BCUT2D eigenvalue weighted by Crippen LogP contribution is 2.24. The van der Waals surface area contributed by atoms with Gasteiger partial charge in [-0.2, -0.15) is 0 Å². The van der Waals surface area contributed by atoms with E-state index < -0.39 is 11.3 Å². The number of hydrogen-bond acceptors (Lipinski definition) is 8. The van der Waals surface area contributed by atoms with Crippen LogP contribution in [0.5, 0.6) is 5.75 Å². The Kier molecular flexibility index (Phi) is 9.24. The fourth-order valence-corrected chi connectivity index (χ4v) is 4.76. The van der Waals surface area contributed by atoms with Gasteiger partial charge in [-0.3, -0.25) is 14.5 Å². The Morgan fingerprint density at radius 1 is 1.07 bits per heavy atom. The first-order valence-electron chi connectivity index (χ1n) is 13.7. The highest BCUT2D eigenvalue weighted by molar-refractivity contribution is 5.70. The molecule has 0 spiro atoms. The molecule has 1 atom stereocenters. The molecule has 1 aromatic heterocycles. The van der Waals surface area contributed by atoms with Crippen molar-refractivity contribution in [1.82, 2.24) is 20.2 Å². The zero-order valence-electron chi connectivity index (χ0n) is 22.4. The summed E-state index contributed by atoms with van der Waals surface area (Å²) in [5.74, 6) is 5.79. The standard InChI is InChI=1S/C31H34N4O5/c36-29(15-25-17-32-18-25)40-20-27(16-28-30(37)31(38)34-21-33-28)26-9-7-23(8-10-26)2-1-22-3-5-24(6-4-22)19-35-11-13-39-14-12-35/h3-10,21,25,27,32,37H,11-20H2,(H,33,34,38)/t27-/m0/s1. The van der Waals surface area contributed by atoms with E-state index in [2.05, 4.69) is 44.2 Å². The molecule has 5 rings (SSSR count). The highest BCUT2D eigenvalue weighted by atomic mass is 16.5. The third kappa shape index (κ3) is 7.57. The number of ether oxygens (including phenoxy) is 2. The molecule has 9 nitrogen and oxygen atoms in total. The number of aromatic amines is 1. The van der Waals surface area contributed by atoms with Crippen LogP contribution in [0.25, 0.3) is 0 Å². The van der Waals surface area contributed by atoms with E-state index in [0.29, 0.717) is 12.3 Å². The average molecular weight is 543 g/mol. The van der Waals surface area contributed by atoms with Gasteiger partial charge in [0.2, 0.25) is 5.75 Å². The number of morpholine rings is 1. The van der Waals surface area contributed by atoms with Gasteiger partial charge in [0.15, 0.2) is 0 Å².